The maximum absolute atomic E-state index is 14.7. The van der Waals surface area contributed by atoms with E-state index in [9.17, 15) is 17.6 Å². The van der Waals surface area contributed by atoms with Crippen LogP contribution in [0.2, 0.25) is 0 Å². The summed E-state index contributed by atoms with van der Waals surface area (Å²) in [6.07, 6.45) is 2.68. The summed E-state index contributed by atoms with van der Waals surface area (Å²) in [6, 6.07) is 14.7. The molecule has 0 saturated carbocycles. The molecule has 0 unspecified atom stereocenters. The van der Waals surface area contributed by atoms with E-state index in [2.05, 4.69) is 6.92 Å². The second-order valence-electron chi connectivity index (χ2n) is 6.56. The molecule has 0 N–H and O–H groups in total. The molecule has 28 heavy (non-hydrogen) atoms. The van der Waals surface area contributed by atoms with Crippen molar-refractivity contribution in [1.29, 1.82) is 0 Å². The number of benzene rings is 3. The Hall–Kier alpha value is -2.88. The van der Waals surface area contributed by atoms with E-state index in [4.69, 9.17) is 0 Å². The largest absolute Gasteiger partial charge is 0.216 e. The van der Waals surface area contributed by atoms with Gasteiger partial charge in [0, 0.05) is 11.1 Å². The minimum atomic E-state index is -0.763. The third-order valence-corrected chi connectivity index (χ3v) is 4.77. The van der Waals surface area contributed by atoms with Gasteiger partial charge < -0.3 is 0 Å². The summed E-state index contributed by atoms with van der Waals surface area (Å²) in [5.74, 6) is -2.08. The summed E-state index contributed by atoms with van der Waals surface area (Å²) >= 11 is 0. The standard InChI is InChI=1S/C24H20F4/c1-2-16-6-8-17(9-7-16)18-10-11-20(22(26)13-18)19-14-23(27)21(24(28)15-19)5-3-4-12-25/h4,6-15H,2-3,5H2,1H3/b12-4+. The van der Waals surface area contributed by atoms with Crippen LogP contribution in [0.3, 0.4) is 0 Å². The molecule has 0 radical (unpaired) electrons. The van der Waals surface area contributed by atoms with Crippen LogP contribution in [0.4, 0.5) is 17.6 Å². The van der Waals surface area contributed by atoms with Gasteiger partial charge in [-0.15, -0.1) is 0 Å². The molecule has 0 spiro atoms. The van der Waals surface area contributed by atoms with Gasteiger partial charge in [0.25, 0.3) is 0 Å². The second-order valence-corrected chi connectivity index (χ2v) is 6.56. The molecular formula is C24H20F4. The Balaban J connectivity index is 1.91. The molecule has 3 aromatic rings. The van der Waals surface area contributed by atoms with Crippen LogP contribution in [0.5, 0.6) is 0 Å². The van der Waals surface area contributed by atoms with Gasteiger partial charge >= 0.3 is 0 Å². The van der Waals surface area contributed by atoms with Gasteiger partial charge in [-0.05, 0) is 59.7 Å². The summed E-state index contributed by atoms with van der Waals surface area (Å²) in [6.45, 7) is 2.06. The van der Waals surface area contributed by atoms with Crippen molar-refractivity contribution >= 4 is 0 Å². The monoisotopic (exact) mass is 384 g/mol. The molecule has 0 nitrogen and oxygen atoms in total. The van der Waals surface area contributed by atoms with Crippen LogP contribution in [-0.4, -0.2) is 0 Å². The summed E-state index contributed by atoms with van der Waals surface area (Å²) in [5.41, 5.74) is 2.88. The molecule has 3 rings (SSSR count). The molecule has 0 atom stereocenters. The zero-order chi connectivity index (χ0) is 20.1. The number of hydrogen-bond acceptors (Lipinski definition) is 0. The van der Waals surface area contributed by atoms with Crippen molar-refractivity contribution < 1.29 is 17.6 Å². The lowest BCUT2D eigenvalue weighted by molar-refractivity contribution is 0.555. The Morgan fingerprint density at radius 2 is 1.36 bits per heavy atom. The maximum atomic E-state index is 14.7. The van der Waals surface area contributed by atoms with Crippen molar-refractivity contribution in [1.82, 2.24) is 0 Å². The fourth-order valence-electron chi connectivity index (χ4n) is 3.15. The number of allylic oxidation sites excluding steroid dienone is 1. The lowest BCUT2D eigenvalue weighted by atomic mass is 9.97. The molecule has 4 heteroatoms. The first-order valence-corrected chi connectivity index (χ1v) is 9.16. The Morgan fingerprint density at radius 1 is 0.750 bits per heavy atom. The molecule has 0 aliphatic carbocycles. The number of hydrogen-bond donors (Lipinski definition) is 0. The summed E-state index contributed by atoms with van der Waals surface area (Å²) in [5, 5.41) is 0. The number of halogens is 4. The molecule has 0 saturated heterocycles. The van der Waals surface area contributed by atoms with Crippen LogP contribution in [-0.2, 0) is 12.8 Å². The third kappa shape index (κ3) is 4.33. The Morgan fingerprint density at radius 3 is 1.93 bits per heavy atom. The molecule has 0 bridgehead atoms. The van der Waals surface area contributed by atoms with Gasteiger partial charge in [0.05, 0.1) is 6.33 Å². The van der Waals surface area contributed by atoms with E-state index in [1.807, 2.05) is 24.3 Å². The smallest absolute Gasteiger partial charge is 0.131 e. The first-order chi connectivity index (χ1) is 13.5. The average molecular weight is 384 g/mol. The third-order valence-electron chi connectivity index (χ3n) is 4.77. The molecule has 0 aliphatic heterocycles. The Kier molecular flexibility index (Phi) is 6.30. The van der Waals surface area contributed by atoms with Gasteiger partial charge in [-0.2, -0.15) is 0 Å². The topological polar surface area (TPSA) is 0 Å². The fourth-order valence-corrected chi connectivity index (χ4v) is 3.15. The first-order valence-electron chi connectivity index (χ1n) is 9.16. The number of aryl methyl sites for hydroxylation is 1. The molecule has 144 valence electrons. The van der Waals surface area contributed by atoms with Gasteiger partial charge in [0.15, 0.2) is 0 Å². The molecular weight excluding hydrogens is 364 g/mol. The normalized spacial score (nSPS) is 11.3. The van der Waals surface area contributed by atoms with Crippen LogP contribution in [0, 0.1) is 17.5 Å². The van der Waals surface area contributed by atoms with Gasteiger partial charge in [0.1, 0.15) is 17.5 Å². The SMILES string of the molecule is CCc1ccc(-c2ccc(-c3cc(F)c(CC/C=C/F)c(F)c3)c(F)c2)cc1. The lowest BCUT2D eigenvalue weighted by Crippen LogP contribution is -1.97. The molecule has 0 aromatic heterocycles. The van der Waals surface area contributed by atoms with E-state index in [0.717, 1.165) is 24.1 Å². The van der Waals surface area contributed by atoms with Crippen molar-refractivity contribution in [3.63, 3.8) is 0 Å². The van der Waals surface area contributed by atoms with E-state index >= 15 is 0 Å². The van der Waals surface area contributed by atoms with Gasteiger partial charge in [-0.1, -0.05) is 49.4 Å². The van der Waals surface area contributed by atoms with Crippen molar-refractivity contribution in [3.05, 3.63) is 95.6 Å². The lowest BCUT2D eigenvalue weighted by Gasteiger charge is -2.10. The second kappa shape index (κ2) is 8.87. The highest BCUT2D eigenvalue weighted by Gasteiger charge is 2.14. The van der Waals surface area contributed by atoms with Crippen LogP contribution in [0.15, 0.2) is 67.0 Å². The maximum Gasteiger partial charge on any atom is 0.131 e. The van der Waals surface area contributed by atoms with E-state index in [-0.39, 0.29) is 29.5 Å². The Bertz CT molecular complexity index is 965. The highest BCUT2D eigenvalue weighted by molar-refractivity contribution is 5.71. The number of rotatable bonds is 6. The summed E-state index contributed by atoms with van der Waals surface area (Å²) in [7, 11) is 0. The van der Waals surface area contributed by atoms with E-state index < -0.39 is 17.5 Å². The van der Waals surface area contributed by atoms with Crippen LogP contribution in [0.1, 0.15) is 24.5 Å². The zero-order valence-corrected chi connectivity index (χ0v) is 15.5. The van der Waals surface area contributed by atoms with E-state index in [0.29, 0.717) is 11.9 Å². The van der Waals surface area contributed by atoms with Gasteiger partial charge in [0.2, 0.25) is 0 Å². The van der Waals surface area contributed by atoms with Crippen molar-refractivity contribution in [2.24, 2.45) is 0 Å². The van der Waals surface area contributed by atoms with E-state index in [1.165, 1.54) is 23.8 Å². The summed E-state index contributed by atoms with van der Waals surface area (Å²) < 4.78 is 55.3. The highest BCUT2D eigenvalue weighted by atomic mass is 19.1. The summed E-state index contributed by atoms with van der Waals surface area (Å²) in [4.78, 5) is 0. The molecule has 0 fully saturated rings. The quantitative estimate of drug-likeness (QED) is 0.388. The molecule has 0 heterocycles. The van der Waals surface area contributed by atoms with E-state index in [1.54, 1.807) is 6.07 Å². The van der Waals surface area contributed by atoms with Crippen molar-refractivity contribution in [3.8, 4) is 22.3 Å². The fraction of sp³-hybridized carbons (Fsp3) is 0.167. The predicted molar refractivity (Wildman–Crippen MR) is 105 cm³/mol. The van der Waals surface area contributed by atoms with Crippen molar-refractivity contribution in [2.75, 3.05) is 0 Å². The van der Waals surface area contributed by atoms with Crippen molar-refractivity contribution in [2.45, 2.75) is 26.2 Å². The highest BCUT2D eigenvalue weighted by Crippen LogP contribution is 2.30. The van der Waals surface area contributed by atoms with Crippen LogP contribution < -0.4 is 0 Å². The first kappa shape index (κ1) is 19.9. The van der Waals surface area contributed by atoms with Gasteiger partial charge in [-0.3, -0.25) is 0 Å². The average Bonchev–Trinajstić information content (AvgIpc) is 2.70. The molecule has 0 aliphatic rings. The van der Waals surface area contributed by atoms with Crippen LogP contribution >= 0.6 is 0 Å². The molecule has 3 aromatic carbocycles. The zero-order valence-electron chi connectivity index (χ0n) is 15.5. The minimum absolute atomic E-state index is 0.0353. The minimum Gasteiger partial charge on any atom is -0.216 e. The molecule has 0 amide bonds. The van der Waals surface area contributed by atoms with Crippen LogP contribution in [0.25, 0.3) is 22.3 Å². The Labute approximate surface area is 162 Å². The predicted octanol–water partition coefficient (Wildman–Crippen LogP) is 7.42. The van der Waals surface area contributed by atoms with Gasteiger partial charge in [-0.25, -0.2) is 17.6 Å².